The minimum absolute atomic E-state index is 0.143. The molecule has 0 aliphatic heterocycles. The van der Waals surface area contributed by atoms with Gasteiger partial charge in [0.25, 0.3) is 0 Å². The Morgan fingerprint density at radius 1 is 1.17 bits per heavy atom. The maximum atomic E-state index is 13.2. The topological polar surface area (TPSA) is 71.1 Å². The molecule has 2 rings (SSSR count). The van der Waals surface area contributed by atoms with E-state index < -0.39 is 6.10 Å². The quantitative estimate of drug-likeness (QED) is 0.363. The van der Waals surface area contributed by atoms with Gasteiger partial charge >= 0.3 is 8.69 Å². The van der Waals surface area contributed by atoms with Gasteiger partial charge in [0.15, 0.2) is 5.78 Å². The van der Waals surface area contributed by atoms with E-state index in [0.29, 0.717) is 17.1 Å². The summed E-state index contributed by atoms with van der Waals surface area (Å²) in [7, 11) is 2.66. The second kappa shape index (κ2) is 9.72. The van der Waals surface area contributed by atoms with E-state index in [4.69, 9.17) is 18.7 Å². The van der Waals surface area contributed by atoms with Gasteiger partial charge < -0.3 is 14.2 Å². The number of carbonyl (C=O) groups excluding carboxylic acids is 1. The molecule has 1 aliphatic rings. The summed E-state index contributed by atoms with van der Waals surface area (Å²) in [6, 6.07) is 5.25. The molecule has 1 unspecified atom stereocenters. The maximum Gasteiger partial charge on any atom is 0.327 e. The van der Waals surface area contributed by atoms with E-state index in [1.165, 1.54) is 14.2 Å². The Bertz CT molecular complexity index is 534. The standard InChI is InChI=1S/C17H23O6P/c1-20-13-8-5-9-14(21-2)15(13)16(18)17(12-6-3-4-7-12)22-10-11-23-24-19/h5,8-9,12,17H,3-4,6-7,10-11H2,1-2H3. The van der Waals surface area contributed by atoms with Crippen LogP contribution in [0.5, 0.6) is 11.5 Å². The van der Waals surface area contributed by atoms with E-state index in [2.05, 4.69) is 0 Å². The summed E-state index contributed by atoms with van der Waals surface area (Å²) in [6.07, 6.45) is 3.51. The Balaban J connectivity index is 2.24. The zero-order valence-corrected chi connectivity index (χ0v) is 14.9. The van der Waals surface area contributed by atoms with Crippen molar-refractivity contribution in [1.29, 1.82) is 0 Å². The van der Waals surface area contributed by atoms with Gasteiger partial charge in [-0.25, -0.2) is 4.57 Å². The molecule has 1 atom stereocenters. The van der Waals surface area contributed by atoms with Gasteiger partial charge in [-0.05, 0) is 30.9 Å². The van der Waals surface area contributed by atoms with Crippen molar-refractivity contribution in [3.8, 4) is 11.5 Å². The number of carbonyl (C=O) groups is 1. The second-order valence-corrected chi connectivity index (χ2v) is 6.05. The van der Waals surface area contributed by atoms with Gasteiger partial charge in [0.05, 0.1) is 27.4 Å². The van der Waals surface area contributed by atoms with Crippen LogP contribution >= 0.6 is 8.69 Å². The van der Waals surface area contributed by atoms with Gasteiger partial charge in [-0.1, -0.05) is 18.9 Å². The number of hydrogen-bond acceptors (Lipinski definition) is 6. The number of methoxy groups -OCH3 is 2. The van der Waals surface area contributed by atoms with Gasteiger partial charge in [0.1, 0.15) is 23.2 Å². The third-order valence-electron chi connectivity index (χ3n) is 4.29. The highest BCUT2D eigenvalue weighted by Gasteiger charge is 2.35. The number of benzene rings is 1. The molecule has 132 valence electrons. The summed E-state index contributed by atoms with van der Waals surface area (Å²) in [6.45, 7) is 0.379. The molecule has 0 aromatic heterocycles. The average Bonchev–Trinajstić information content (AvgIpc) is 3.14. The molecule has 0 radical (unpaired) electrons. The third-order valence-corrected chi connectivity index (χ3v) is 4.57. The number of hydrogen-bond donors (Lipinski definition) is 0. The Hall–Kier alpha value is -1.49. The van der Waals surface area contributed by atoms with Gasteiger partial charge in [-0.15, -0.1) is 0 Å². The van der Waals surface area contributed by atoms with Crippen LogP contribution in [0.25, 0.3) is 0 Å². The number of ether oxygens (including phenoxy) is 3. The molecule has 0 amide bonds. The summed E-state index contributed by atoms with van der Waals surface area (Å²) in [5, 5.41) is 0. The molecule has 1 saturated carbocycles. The second-order valence-electron chi connectivity index (χ2n) is 5.65. The van der Waals surface area contributed by atoms with Gasteiger partial charge in [-0.2, -0.15) is 0 Å². The molecular formula is C17H23O6P. The van der Waals surface area contributed by atoms with Crippen LogP contribution < -0.4 is 9.47 Å². The van der Waals surface area contributed by atoms with Gasteiger partial charge in [-0.3, -0.25) is 9.32 Å². The molecule has 1 fully saturated rings. The lowest BCUT2D eigenvalue weighted by Gasteiger charge is -2.24. The summed E-state index contributed by atoms with van der Waals surface area (Å²) >= 11 is 0. The fourth-order valence-corrected chi connectivity index (χ4v) is 3.32. The number of Topliss-reactive ketones (excluding diaryl/α,β-unsaturated/α-hetero) is 1. The molecule has 0 saturated heterocycles. The zero-order valence-electron chi connectivity index (χ0n) is 14.0. The van der Waals surface area contributed by atoms with Crippen molar-refractivity contribution in [2.75, 3.05) is 27.4 Å². The van der Waals surface area contributed by atoms with Crippen LogP contribution in [0, 0.1) is 5.92 Å². The van der Waals surface area contributed by atoms with E-state index in [-0.39, 0.29) is 33.6 Å². The highest BCUT2D eigenvalue weighted by molar-refractivity contribution is 7.17. The first-order valence-corrected chi connectivity index (χ1v) is 8.77. The summed E-state index contributed by atoms with van der Waals surface area (Å²) in [5.74, 6) is 0.966. The van der Waals surface area contributed by atoms with E-state index >= 15 is 0 Å². The van der Waals surface area contributed by atoms with E-state index in [0.717, 1.165) is 25.7 Å². The molecule has 6 nitrogen and oxygen atoms in total. The largest absolute Gasteiger partial charge is 0.496 e. The number of ketones is 1. The maximum absolute atomic E-state index is 13.2. The van der Waals surface area contributed by atoms with E-state index in [9.17, 15) is 9.36 Å². The van der Waals surface area contributed by atoms with Crippen molar-refractivity contribution < 1.29 is 28.1 Å². The highest BCUT2D eigenvalue weighted by atomic mass is 31.1. The van der Waals surface area contributed by atoms with Crippen LogP contribution in [-0.2, 0) is 13.8 Å². The molecule has 0 bridgehead atoms. The monoisotopic (exact) mass is 354 g/mol. The first-order valence-electron chi connectivity index (χ1n) is 8.04. The molecular weight excluding hydrogens is 331 g/mol. The van der Waals surface area contributed by atoms with Crippen molar-refractivity contribution in [2.24, 2.45) is 5.92 Å². The SMILES string of the molecule is COc1cccc(OC)c1C(=O)C(OCCOP=O)C1CCCC1. The molecule has 1 aromatic rings. The lowest BCUT2D eigenvalue weighted by molar-refractivity contribution is 0.00775. The fourth-order valence-electron chi connectivity index (χ4n) is 3.17. The van der Waals surface area contributed by atoms with Crippen LogP contribution in [0.1, 0.15) is 36.0 Å². The predicted octanol–water partition coefficient (Wildman–Crippen LogP) is 3.69. The normalized spacial score (nSPS) is 16.2. The van der Waals surface area contributed by atoms with Crippen molar-refractivity contribution in [3.05, 3.63) is 23.8 Å². The van der Waals surface area contributed by atoms with Crippen molar-refractivity contribution in [2.45, 2.75) is 31.8 Å². The van der Waals surface area contributed by atoms with Crippen LogP contribution in [-0.4, -0.2) is 39.3 Å². The van der Waals surface area contributed by atoms with Gasteiger partial charge in [0, 0.05) is 0 Å². The van der Waals surface area contributed by atoms with Crippen LogP contribution in [0.3, 0.4) is 0 Å². The Kier molecular flexibility index (Phi) is 7.63. The van der Waals surface area contributed by atoms with Crippen molar-refractivity contribution in [3.63, 3.8) is 0 Å². The summed E-state index contributed by atoms with van der Waals surface area (Å²) in [5.41, 5.74) is 0.405. The van der Waals surface area contributed by atoms with E-state index in [1.54, 1.807) is 18.2 Å². The molecule has 0 spiro atoms. The van der Waals surface area contributed by atoms with Crippen LogP contribution in [0.4, 0.5) is 0 Å². The molecule has 7 heteroatoms. The van der Waals surface area contributed by atoms with E-state index in [1.807, 2.05) is 0 Å². The summed E-state index contributed by atoms with van der Waals surface area (Å²) < 4.78 is 31.6. The molecule has 0 N–H and O–H groups in total. The van der Waals surface area contributed by atoms with Gasteiger partial charge in [0.2, 0.25) is 0 Å². The predicted molar refractivity (Wildman–Crippen MR) is 89.1 cm³/mol. The smallest absolute Gasteiger partial charge is 0.327 e. The Morgan fingerprint density at radius 3 is 2.33 bits per heavy atom. The first-order chi connectivity index (χ1) is 11.7. The van der Waals surface area contributed by atoms with Crippen LogP contribution in [0.15, 0.2) is 18.2 Å². The van der Waals surface area contributed by atoms with Crippen molar-refractivity contribution >= 4 is 14.5 Å². The minimum atomic E-state index is -0.579. The molecule has 24 heavy (non-hydrogen) atoms. The minimum Gasteiger partial charge on any atom is -0.496 e. The fraction of sp³-hybridized carbons (Fsp3) is 0.588. The highest BCUT2D eigenvalue weighted by Crippen LogP contribution is 2.35. The van der Waals surface area contributed by atoms with Crippen LogP contribution in [0.2, 0.25) is 0 Å². The zero-order chi connectivity index (χ0) is 17.4. The third kappa shape index (κ3) is 4.53. The Labute approximate surface area is 143 Å². The lowest BCUT2D eigenvalue weighted by atomic mass is 9.92. The average molecular weight is 354 g/mol. The molecule has 1 aromatic carbocycles. The lowest BCUT2D eigenvalue weighted by Crippen LogP contribution is -2.33. The van der Waals surface area contributed by atoms with Crippen molar-refractivity contribution in [1.82, 2.24) is 0 Å². The number of rotatable bonds is 10. The first kappa shape index (κ1) is 18.8. The summed E-state index contributed by atoms with van der Waals surface area (Å²) in [4.78, 5) is 13.2. The molecule has 0 heterocycles. The molecule has 1 aliphatic carbocycles. The Morgan fingerprint density at radius 2 is 1.79 bits per heavy atom.